The highest BCUT2D eigenvalue weighted by molar-refractivity contribution is 7.84. The van der Waals surface area contributed by atoms with Gasteiger partial charge in [0.15, 0.2) is 0 Å². The van der Waals surface area contributed by atoms with Crippen molar-refractivity contribution >= 4 is 12.6 Å². The molecule has 10 heavy (non-hydrogen) atoms. The second-order valence-electron chi connectivity index (χ2n) is 1.84. The van der Waals surface area contributed by atoms with Gasteiger partial charge in [0, 0.05) is 18.2 Å². The molecule has 0 aromatic heterocycles. The molecule has 0 radical (unpaired) electrons. The summed E-state index contributed by atoms with van der Waals surface area (Å²) in [4.78, 5) is 0.862. The Bertz CT molecular complexity index is 168. The van der Waals surface area contributed by atoms with E-state index in [1.165, 1.54) is 0 Å². The molecule has 0 spiro atoms. The first kappa shape index (κ1) is 9.37. The molecule has 56 valence electrons. The second-order valence-corrected chi connectivity index (χ2v) is 2.33. The summed E-state index contributed by atoms with van der Waals surface area (Å²) in [5.74, 6) is 0. The summed E-state index contributed by atoms with van der Waals surface area (Å²) in [6.45, 7) is 5.74. The van der Waals surface area contributed by atoms with Gasteiger partial charge in [0.1, 0.15) is 0 Å². The highest BCUT2D eigenvalue weighted by Crippen LogP contribution is 2.11. The minimum absolute atomic E-state index is 0.862. The molecule has 0 rings (SSSR count). The van der Waals surface area contributed by atoms with Gasteiger partial charge >= 0.3 is 0 Å². The third-order valence-corrected chi connectivity index (χ3v) is 1.39. The average molecular weight is 155 g/mol. The Morgan fingerprint density at radius 3 is 2.60 bits per heavy atom. The Kier molecular flexibility index (Phi) is 4.85. The van der Waals surface area contributed by atoms with Crippen LogP contribution in [0.25, 0.3) is 0 Å². The van der Waals surface area contributed by atoms with Crippen molar-refractivity contribution in [1.29, 1.82) is 0 Å². The Morgan fingerprint density at radius 2 is 2.20 bits per heavy atom. The molecule has 0 unspecified atom stereocenters. The fourth-order valence-corrected chi connectivity index (χ4v) is 0.720. The molecule has 0 saturated carbocycles. The predicted molar refractivity (Wildman–Crippen MR) is 50.1 cm³/mol. The second kappa shape index (κ2) is 5.18. The first-order valence-corrected chi connectivity index (χ1v) is 3.55. The van der Waals surface area contributed by atoms with Crippen LogP contribution >= 0.6 is 12.6 Å². The Morgan fingerprint density at radius 1 is 1.60 bits per heavy atom. The fraction of sp³-hybridized carbons (Fsp3) is 0.250. The highest BCUT2D eigenvalue weighted by Gasteiger charge is 1.89. The third kappa shape index (κ3) is 3.41. The quantitative estimate of drug-likeness (QED) is 0.470. The van der Waals surface area contributed by atoms with E-state index in [0.717, 1.165) is 10.5 Å². The Balaban J connectivity index is 4.07. The van der Waals surface area contributed by atoms with Gasteiger partial charge in [-0.3, -0.25) is 0 Å². The molecule has 0 aliphatic carbocycles. The molecule has 0 amide bonds. The average Bonchev–Trinajstić information content (AvgIpc) is 1.89. The van der Waals surface area contributed by atoms with E-state index in [4.69, 9.17) is 0 Å². The van der Waals surface area contributed by atoms with Gasteiger partial charge in [0.2, 0.25) is 0 Å². The van der Waals surface area contributed by atoms with Crippen molar-refractivity contribution in [2.75, 3.05) is 7.05 Å². The van der Waals surface area contributed by atoms with E-state index in [9.17, 15) is 0 Å². The number of nitrogens with one attached hydrogen (secondary N) is 1. The van der Waals surface area contributed by atoms with Crippen LogP contribution in [0.4, 0.5) is 0 Å². The molecule has 0 heterocycles. The van der Waals surface area contributed by atoms with E-state index in [1.54, 1.807) is 6.20 Å². The van der Waals surface area contributed by atoms with Crippen LogP contribution in [0, 0.1) is 0 Å². The summed E-state index contributed by atoms with van der Waals surface area (Å²) in [7, 11) is 1.83. The third-order valence-electron chi connectivity index (χ3n) is 0.978. The molecule has 0 aliphatic rings. The van der Waals surface area contributed by atoms with E-state index in [-0.39, 0.29) is 0 Å². The zero-order chi connectivity index (χ0) is 7.98. The first-order chi connectivity index (χ1) is 4.72. The molecular weight excluding hydrogens is 142 g/mol. The predicted octanol–water partition coefficient (Wildman–Crippen LogP) is 2.11. The molecule has 1 nitrogen and oxygen atoms in total. The number of allylic oxidation sites excluding steroid dienone is 3. The smallest absolute Gasteiger partial charge is 0.0264 e. The summed E-state index contributed by atoms with van der Waals surface area (Å²) in [5.41, 5.74) is 0.917. The van der Waals surface area contributed by atoms with Crippen LogP contribution in [0.3, 0.4) is 0 Å². The van der Waals surface area contributed by atoms with Crippen molar-refractivity contribution < 1.29 is 0 Å². The van der Waals surface area contributed by atoms with E-state index >= 15 is 0 Å². The summed E-state index contributed by atoms with van der Waals surface area (Å²) in [6, 6.07) is 0. The lowest BCUT2D eigenvalue weighted by molar-refractivity contribution is 1.10. The van der Waals surface area contributed by atoms with Gasteiger partial charge in [0.05, 0.1) is 0 Å². The maximum Gasteiger partial charge on any atom is 0.0264 e. The van der Waals surface area contributed by atoms with Crippen molar-refractivity contribution in [3.63, 3.8) is 0 Å². The number of hydrogen-bond donors (Lipinski definition) is 2. The monoisotopic (exact) mass is 155 g/mol. The van der Waals surface area contributed by atoms with Gasteiger partial charge in [0.25, 0.3) is 0 Å². The van der Waals surface area contributed by atoms with E-state index < -0.39 is 0 Å². The van der Waals surface area contributed by atoms with Gasteiger partial charge in [-0.05, 0) is 12.5 Å². The molecule has 0 fully saturated rings. The fourth-order valence-electron chi connectivity index (χ4n) is 0.516. The van der Waals surface area contributed by atoms with Crippen LogP contribution in [-0.4, -0.2) is 7.05 Å². The number of thiol groups is 1. The summed E-state index contributed by atoms with van der Waals surface area (Å²) >= 11 is 4.19. The largest absolute Gasteiger partial charge is 0.393 e. The highest BCUT2D eigenvalue weighted by atomic mass is 32.1. The maximum absolute atomic E-state index is 4.19. The van der Waals surface area contributed by atoms with Crippen molar-refractivity contribution in [1.82, 2.24) is 5.32 Å². The van der Waals surface area contributed by atoms with E-state index in [0.29, 0.717) is 0 Å². The van der Waals surface area contributed by atoms with Crippen LogP contribution in [-0.2, 0) is 0 Å². The lowest BCUT2D eigenvalue weighted by Crippen LogP contribution is -1.93. The lowest BCUT2D eigenvalue weighted by atomic mass is 10.3. The van der Waals surface area contributed by atoms with Crippen LogP contribution in [0.5, 0.6) is 0 Å². The van der Waals surface area contributed by atoms with Gasteiger partial charge in [-0.2, -0.15) is 0 Å². The molecule has 0 aromatic carbocycles. The van der Waals surface area contributed by atoms with Gasteiger partial charge in [-0.1, -0.05) is 18.7 Å². The zero-order valence-corrected chi connectivity index (χ0v) is 7.28. The first-order valence-electron chi connectivity index (χ1n) is 3.10. The van der Waals surface area contributed by atoms with Crippen molar-refractivity contribution in [2.24, 2.45) is 0 Å². The molecule has 0 aromatic rings. The molecule has 0 aliphatic heterocycles. The minimum atomic E-state index is 0.862. The van der Waals surface area contributed by atoms with E-state index in [2.05, 4.69) is 24.5 Å². The Labute approximate surface area is 67.9 Å². The van der Waals surface area contributed by atoms with E-state index in [1.807, 2.05) is 26.1 Å². The van der Waals surface area contributed by atoms with Crippen molar-refractivity contribution in [3.05, 3.63) is 35.4 Å². The number of hydrogen-bond acceptors (Lipinski definition) is 2. The van der Waals surface area contributed by atoms with Crippen LogP contribution in [0.1, 0.15) is 6.92 Å². The molecule has 0 saturated heterocycles. The molecule has 1 N–H and O–H groups in total. The van der Waals surface area contributed by atoms with Crippen molar-refractivity contribution in [2.45, 2.75) is 6.92 Å². The summed E-state index contributed by atoms with van der Waals surface area (Å²) in [5, 5.41) is 2.87. The normalized spacial score (nSPS) is 12.1. The molecule has 0 bridgehead atoms. The molecule has 2 heteroatoms. The van der Waals surface area contributed by atoms with Gasteiger partial charge in [-0.15, -0.1) is 12.6 Å². The molecule has 0 atom stereocenters. The van der Waals surface area contributed by atoms with Gasteiger partial charge in [-0.25, -0.2) is 0 Å². The van der Waals surface area contributed by atoms with Gasteiger partial charge < -0.3 is 5.32 Å². The lowest BCUT2D eigenvalue weighted by Gasteiger charge is -1.97. The summed E-state index contributed by atoms with van der Waals surface area (Å²) in [6.07, 6.45) is 5.64. The zero-order valence-electron chi connectivity index (χ0n) is 6.39. The Hall–Kier alpha value is -0.630. The van der Waals surface area contributed by atoms with Crippen LogP contribution in [0.2, 0.25) is 0 Å². The topological polar surface area (TPSA) is 12.0 Å². The van der Waals surface area contributed by atoms with Crippen LogP contribution < -0.4 is 5.32 Å². The minimum Gasteiger partial charge on any atom is -0.393 e. The molecular formula is C8H13NS. The van der Waals surface area contributed by atoms with Crippen LogP contribution in [0.15, 0.2) is 35.4 Å². The maximum atomic E-state index is 4.19. The van der Waals surface area contributed by atoms with Crippen molar-refractivity contribution in [3.8, 4) is 0 Å². The standard InChI is InChI=1S/C8H13NS/c1-4-5-7(2)8(10)6-9-3/h4-6,9-10H,2H2,1,3H3/b5-4-,8-6-. The SMILES string of the molecule is C=C(/C=C\C)/C(S)=C/NC. The number of rotatable bonds is 3. The summed E-state index contributed by atoms with van der Waals surface area (Å²) < 4.78 is 0.